The van der Waals surface area contributed by atoms with Gasteiger partial charge >= 0.3 is 0 Å². The van der Waals surface area contributed by atoms with Crippen molar-refractivity contribution in [2.45, 2.75) is 113 Å². The molecule has 2 atom stereocenters. The Kier molecular flexibility index (Phi) is 14.9. The minimum Gasteiger partial charge on any atom is -0.384 e. The molecule has 1 aromatic rings. The largest absolute Gasteiger partial charge is 0.384 e. The van der Waals surface area contributed by atoms with Crippen LogP contribution in [-0.2, 0) is 0 Å². The third kappa shape index (κ3) is 11.8. The summed E-state index contributed by atoms with van der Waals surface area (Å²) in [6.45, 7) is 17.2. The molecular formula is C39H54O2. The van der Waals surface area contributed by atoms with Crippen molar-refractivity contribution in [2.24, 2.45) is 0 Å². The lowest BCUT2D eigenvalue weighted by molar-refractivity contribution is 0.167. The smallest absolute Gasteiger partial charge is 0.101 e. The highest BCUT2D eigenvalue weighted by atomic mass is 16.3. The number of rotatable bonds is 14. The fourth-order valence-electron chi connectivity index (χ4n) is 4.86. The number of aliphatic hydroxyl groups excluding tert-OH is 2. The van der Waals surface area contributed by atoms with Crippen LogP contribution in [0.3, 0.4) is 0 Å². The van der Waals surface area contributed by atoms with Crippen LogP contribution in [0.25, 0.3) is 0 Å². The minimum atomic E-state index is -0.652. The Bertz CT molecular complexity index is 1260. The zero-order chi connectivity index (χ0) is 30.4. The van der Waals surface area contributed by atoms with E-state index >= 15 is 0 Å². The number of allylic oxidation sites excluding steroid dienone is 14. The van der Waals surface area contributed by atoms with Gasteiger partial charge in [0.05, 0.1) is 0 Å². The summed E-state index contributed by atoms with van der Waals surface area (Å²) < 4.78 is 0. The summed E-state index contributed by atoms with van der Waals surface area (Å²) in [4.78, 5) is 0. The van der Waals surface area contributed by atoms with Crippen LogP contribution in [-0.4, -0.2) is 10.2 Å². The summed E-state index contributed by atoms with van der Waals surface area (Å²) in [5, 5.41) is 21.7. The molecule has 0 saturated carbocycles. The van der Waals surface area contributed by atoms with Crippen molar-refractivity contribution < 1.29 is 10.2 Å². The van der Waals surface area contributed by atoms with Gasteiger partial charge in [-0.3, -0.25) is 0 Å². The van der Waals surface area contributed by atoms with Crippen LogP contribution in [0.5, 0.6) is 0 Å². The lowest BCUT2D eigenvalue weighted by Crippen LogP contribution is -2.17. The van der Waals surface area contributed by atoms with Gasteiger partial charge in [-0.1, -0.05) is 106 Å². The molecular weight excluding hydrogens is 500 g/mol. The normalized spacial score (nSPS) is 19.9. The molecule has 0 spiro atoms. The van der Waals surface area contributed by atoms with Gasteiger partial charge in [0.2, 0.25) is 0 Å². The van der Waals surface area contributed by atoms with E-state index in [-0.39, 0.29) is 0 Å². The molecule has 0 radical (unpaired) electrons. The average Bonchev–Trinajstić information content (AvgIpc) is 2.97. The fourth-order valence-corrected chi connectivity index (χ4v) is 4.86. The summed E-state index contributed by atoms with van der Waals surface area (Å²) in [5.74, 6) is 0. The second kappa shape index (κ2) is 17.8. The zero-order valence-corrected chi connectivity index (χ0v) is 26.9. The van der Waals surface area contributed by atoms with Gasteiger partial charge in [-0.2, -0.15) is 0 Å². The van der Waals surface area contributed by atoms with Gasteiger partial charge in [-0.15, -0.1) is 0 Å². The van der Waals surface area contributed by atoms with Gasteiger partial charge in [-0.05, 0) is 123 Å². The molecule has 1 aliphatic rings. The standard InChI is InChI=1S/C39H54O2/c1-9-10-13-28(2)16-17-29(3)18-19-30(4)20-21-31(5)22-23-32(6)24-25-33(7)26-27-35-34(8)38(40)36-14-11-12-15-37(36)39(35)41/h9-12,14-16,18,20,22,24,26,38-41H,13,17,19,21,23,25,27H2,1-8H3/b10-9-,28-16-,29-18-,30-20-,31-22-,32-24-,33-26-. The van der Waals surface area contributed by atoms with E-state index in [2.05, 4.69) is 97.1 Å². The van der Waals surface area contributed by atoms with Gasteiger partial charge in [0, 0.05) is 0 Å². The van der Waals surface area contributed by atoms with Crippen LogP contribution < -0.4 is 0 Å². The molecule has 2 unspecified atom stereocenters. The lowest BCUT2D eigenvalue weighted by atomic mass is 9.81. The Morgan fingerprint density at radius 3 is 1.37 bits per heavy atom. The summed E-state index contributed by atoms with van der Waals surface area (Å²) >= 11 is 0. The van der Waals surface area contributed by atoms with E-state index < -0.39 is 12.2 Å². The Hall–Kier alpha value is -2.94. The Morgan fingerprint density at radius 2 is 0.951 bits per heavy atom. The van der Waals surface area contributed by atoms with Gasteiger partial charge in [0.25, 0.3) is 0 Å². The Labute approximate surface area is 251 Å². The van der Waals surface area contributed by atoms with Crippen LogP contribution in [0.4, 0.5) is 0 Å². The molecule has 0 aliphatic heterocycles. The van der Waals surface area contributed by atoms with Gasteiger partial charge in [-0.25, -0.2) is 0 Å². The molecule has 41 heavy (non-hydrogen) atoms. The first-order valence-electron chi connectivity index (χ1n) is 15.2. The Morgan fingerprint density at radius 1 is 0.585 bits per heavy atom. The third-order valence-electron chi connectivity index (χ3n) is 8.04. The van der Waals surface area contributed by atoms with Crippen LogP contribution in [0.2, 0.25) is 0 Å². The predicted molar refractivity (Wildman–Crippen MR) is 179 cm³/mol. The van der Waals surface area contributed by atoms with Gasteiger partial charge in [0.15, 0.2) is 0 Å². The fraction of sp³-hybridized carbons (Fsp3) is 0.436. The highest BCUT2D eigenvalue weighted by molar-refractivity contribution is 5.45. The van der Waals surface area contributed by atoms with Crippen molar-refractivity contribution in [1.82, 2.24) is 0 Å². The molecule has 2 heteroatoms. The maximum atomic E-state index is 10.9. The predicted octanol–water partition coefficient (Wildman–Crippen LogP) is 11.1. The lowest BCUT2D eigenvalue weighted by Gasteiger charge is -2.29. The second-order valence-electron chi connectivity index (χ2n) is 11.9. The monoisotopic (exact) mass is 554 g/mol. The second-order valence-corrected chi connectivity index (χ2v) is 11.9. The van der Waals surface area contributed by atoms with Gasteiger partial charge < -0.3 is 10.2 Å². The first-order chi connectivity index (χ1) is 19.5. The first-order valence-corrected chi connectivity index (χ1v) is 15.2. The Balaban J connectivity index is 1.83. The maximum absolute atomic E-state index is 10.9. The van der Waals surface area contributed by atoms with E-state index in [1.54, 1.807) is 0 Å². The molecule has 0 bridgehead atoms. The third-order valence-corrected chi connectivity index (χ3v) is 8.04. The number of hydrogen-bond donors (Lipinski definition) is 2. The molecule has 222 valence electrons. The number of hydrogen-bond acceptors (Lipinski definition) is 2. The molecule has 0 heterocycles. The molecule has 2 N–H and O–H groups in total. The zero-order valence-electron chi connectivity index (χ0n) is 26.9. The van der Waals surface area contributed by atoms with Crippen molar-refractivity contribution in [3.8, 4) is 0 Å². The van der Waals surface area contributed by atoms with Crippen molar-refractivity contribution in [1.29, 1.82) is 0 Å². The molecule has 0 fully saturated rings. The van der Waals surface area contributed by atoms with E-state index in [1.807, 2.05) is 31.2 Å². The van der Waals surface area contributed by atoms with Crippen LogP contribution in [0.1, 0.15) is 124 Å². The average molecular weight is 555 g/mol. The molecule has 1 aromatic carbocycles. The quantitative estimate of drug-likeness (QED) is 0.225. The molecule has 0 saturated heterocycles. The summed E-state index contributed by atoms with van der Waals surface area (Å²) in [6, 6.07) is 7.65. The first kappa shape index (κ1) is 34.3. The van der Waals surface area contributed by atoms with Crippen molar-refractivity contribution in [2.75, 3.05) is 0 Å². The maximum Gasteiger partial charge on any atom is 0.101 e. The highest BCUT2D eigenvalue weighted by Gasteiger charge is 2.29. The van der Waals surface area contributed by atoms with Gasteiger partial charge in [0.1, 0.15) is 12.2 Å². The minimum absolute atomic E-state index is 0.639. The van der Waals surface area contributed by atoms with Crippen molar-refractivity contribution in [3.05, 3.63) is 129 Å². The van der Waals surface area contributed by atoms with E-state index in [0.717, 1.165) is 60.8 Å². The number of fused-ring (bicyclic) bond motifs is 1. The van der Waals surface area contributed by atoms with Crippen LogP contribution in [0, 0.1) is 0 Å². The van der Waals surface area contributed by atoms with E-state index in [9.17, 15) is 10.2 Å². The molecule has 0 aromatic heterocycles. The van der Waals surface area contributed by atoms with E-state index in [4.69, 9.17) is 0 Å². The van der Waals surface area contributed by atoms with E-state index in [0.29, 0.717) is 6.42 Å². The summed E-state index contributed by atoms with van der Waals surface area (Å²) in [6.07, 6.45) is 23.6. The summed E-state index contributed by atoms with van der Waals surface area (Å²) in [7, 11) is 0. The van der Waals surface area contributed by atoms with Crippen molar-refractivity contribution >= 4 is 0 Å². The SMILES string of the molecule is C/C=C\C/C(C)=C\C/C(C)=C\C/C(C)=C\C/C(C)=C\C/C(C)=C\C/C(C)=C\CC1=C(C)C(O)c2ccccc2C1O. The van der Waals surface area contributed by atoms with Crippen LogP contribution in [0.15, 0.2) is 117 Å². The number of aliphatic hydroxyl groups is 2. The molecule has 2 nitrogen and oxygen atoms in total. The molecule has 1 aliphatic carbocycles. The van der Waals surface area contributed by atoms with Crippen LogP contribution >= 0.6 is 0 Å². The number of benzene rings is 1. The summed E-state index contributed by atoms with van der Waals surface area (Å²) in [5.41, 5.74) is 11.7. The highest BCUT2D eigenvalue weighted by Crippen LogP contribution is 2.41. The topological polar surface area (TPSA) is 40.5 Å². The van der Waals surface area contributed by atoms with Crippen molar-refractivity contribution in [3.63, 3.8) is 0 Å². The molecule has 2 rings (SSSR count). The molecule has 0 amide bonds. The van der Waals surface area contributed by atoms with E-state index in [1.165, 1.54) is 33.4 Å².